The van der Waals surface area contributed by atoms with Gasteiger partial charge in [0.25, 0.3) is 0 Å². The first-order valence-electron chi connectivity index (χ1n) is 8.10. The first kappa shape index (κ1) is 14.8. The summed E-state index contributed by atoms with van der Waals surface area (Å²) >= 11 is 0. The summed E-state index contributed by atoms with van der Waals surface area (Å²) in [6.07, 6.45) is 3.24. The predicted octanol–water partition coefficient (Wildman–Crippen LogP) is 4.46. The molecule has 0 atom stereocenters. The van der Waals surface area contributed by atoms with Crippen LogP contribution in [0.2, 0.25) is 0 Å². The van der Waals surface area contributed by atoms with Crippen LogP contribution in [0.4, 0.5) is 0 Å². The van der Waals surface area contributed by atoms with Gasteiger partial charge in [-0.3, -0.25) is 4.99 Å². The molecule has 0 unspecified atom stereocenters. The highest BCUT2D eigenvalue weighted by Crippen LogP contribution is 2.25. The van der Waals surface area contributed by atoms with Crippen molar-refractivity contribution in [3.63, 3.8) is 0 Å². The van der Waals surface area contributed by atoms with E-state index in [0.29, 0.717) is 0 Å². The summed E-state index contributed by atoms with van der Waals surface area (Å²) in [5.41, 5.74) is 4.12. The standard InChI is InChI=1S/C20H24N2/c1-20(2)14-12-19(22-20)21-15-13-17-10-6-7-11-18(17)16-8-4-3-5-9-16/h3-11H,12-15H2,1-2H3,(H,21,22). The topological polar surface area (TPSA) is 24.4 Å². The Balaban J connectivity index is 1.67. The summed E-state index contributed by atoms with van der Waals surface area (Å²) in [6, 6.07) is 19.3. The Hall–Kier alpha value is -2.09. The first-order chi connectivity index (χ1) is 10.6. The quantitative estimate of drug-likeness (QED) is 0.884. The SMILES string of the molecule is CC1(C)CCC(NCCc2ccccc2-c2ccccc2)=N1. The van der Waals surface area contributed by atoms with E-state index in [9.17, 15) is 0 Å². The number of aliphatic imine (C=N–C) groups is 1. The third-order valence-corrected chi connectivity index (χ3v) is 4.24. The maximum Gasteiger partial charge on any atom is 0.0970 e. The maximum absolute atomic E-state index is 4.74. The van der Waals surface area contributed by atoms with Crippen LogP contribution in [-0.2, 0) is 6.42 Å². The van der Waals surface area contributed by atoms with Crippen LogP contribution in [0.1, 0.15) is 32.3 Å². The van der Waals surface area contributed by atoms with E-state index in [1.807, 2.05) is 0 Å². The van der Waals surface area contributed by atoms with Crippen molar-refractivity contribution >= 4 is 5.84 Å². The molecule has 0 saturated carbocycles. The van der Waals surface area contributed by atoms with Crippen molar-refractivity contribution in [3.8, 4) is 11.1 Å². The van der Waals surface area contributed by atoms with Gasteiger partial charge in [0, 0.05) is 13.0 Å². The normalized spacial score (nSPS) is 16.4. The van der Waals surface area contributed by atoms with Gasteiger partial charge in [-0.15, -0.1) is 0 Å². The van der Waals surface area contributed by atoms with E-state index >= 15 is 0 Å². The molecule has 2 aromatic rings. The van der Waals surface area contributed by atoms with Crippen LogP contribution in [0.15, 0.2) is 59.6 Å². The zero-order chi connectivity index (χ0) is 15.4. The number of benzene rings is 2. The fraction of sp³-hybridized carbons (Fsp3) is 0.350. The van der Waals surface area contributed by atoms with Crippen molar-refractivity contribution in [3.05, 3.63) is 60.2 Å². The lowest BCUT2D eigenvalue weighted by Crippen LogP contribution is -2.24. The van der Waals surface area contributed by atoms with Crippen LogP contribution in [0, 0.1) is 0 Å². The van der Waals surface area contributed by atoms with E-state index in [2.05, 4.69) is 73.8 Å². The molecule has 2 aromatic carbocycles. The van der Waals surface area contributed by atoms with Gasteiger partial charge in [-0.05, 0) is 43.4 Å². The van der Waals surface area contributed by atoms with E-state index < -0.39 is 0 Å². The monoisotopic (exact) mass is 292 g/mol. The van der Waals surface area contributed by atoms with Crippen LogP contribution in [0.3, 0.4) is 0 Å². The summed E-state index contributed by atoms with van der Waals surface area (Å²) in [5.74, 6) is 1.17. The predicted molar refractivity (Wildman–Crippen MR) is 94.3 cm³/mol. The molecule has 1 N–H and O–H groups in total. The van der Waals surface area contributed by atoms with Gasteiger partial charge < -0.3 is 5.32 Å². The van der Waals surface area contributed by atoms with Crippen LogP contribution in [0.25, 0.3) is 11.1 Å². The molecule has 2 nitrogen and oxygen atoms in total. The van der Waals surface area contributed by atoms with E-state index in [1.165, 1.54) is 22.5 Å². The number of hydrogen-bond acceptors (Lipinski definition) is 2. The van der Waals surface area contributed by atoms with Gasteiger partial charge in [-0.1, -0.05) is 54.6 Å². The van der Waals surface area contributed by atoms with Crippen molar-refractivity contribution in [2.24, 2.45) is 4.99 Å². The van der Waals surface area contributed by atoms with E-state index in [4.69, 9.17) is 4.99 Å². The van der Waals surface area contributed by atoms with Gasteiger partial charge in [0.1, 0.15) is 0 Å². The Labute approximate surface area is 133 Å². The molecule has 1 aliphatic rings. The largest absolute Gasteiger partial charge is 0.373 e. The van der Waals surface area contributed by atoms with Crippen molar-refractivity contribution < 1.29 is 0 Å². The molecule has 0 spiro atoms. The highest BCUT2D eigenvalue weighted by molar-refractivity contribution is 5.84. The lowest BCUT2D eigenvalue weighted by Gasteiger charge is -2.12. The number of hydrogen-bond donors (Lipinski definition) is 1. The molecule has 0 fully saturated rings. The summed E-state index contributed by atoms with van der Waals surface area (Å²) in [7, 11) is 0. The summed E-state index contributed by atoms with van der Waals surface area (Å²) in [4.78, 5) is 4.74. The van der Waals surface area contributed by atoms with Gasteiger partial charge in [-0.2, -0.15) is 0 Å². The molecule has 0 amide bonds. The van der Waals surface area contributed by atoms with Crippen LogP contribution in [0.5, 0.6) is 0 Å². The second kappa shape index (κ2) is 6.35. The Bertz CT molecular complexity index is 656. The number of nitrogens with zero attached hydrogens (tertiary/aromatic N) is 1. The zero-order valence-corrected chi connectivity index (χ0v) is 13.5. The average molecular weight is 292 g/mol. The molecule has 0 saturated heterocycles. The first-order valence-corrected chi connectivity index (χ1v) is 8.10. The molecule has 0 aliphatic carbocycles. The number of amidine groups is 1. The van der Waals surface area contributed by atoms with Crippen molar-refractivity contribution in [1.29, 1.82) is 0 Å². The van der Waals surface area contributed by atoms with E-state index in [-0.39, 0.29) is 5.54 Å². The third-order valence-electron chi connectivity index (χ3n) is 4.24. The van der Waals surface area contributed by atoms with Gasteiger partial charge in [0.05, 0.1) is 11.4 Å². The van der Waals surface area contributed by atoms with Gasteiger partial charge in [0.2, 0.25) is 0 Å². The number of rotatable bonds is 4. The summed E-state index contributed by atoms with van der Waals surface area (Å²) < 4.78 is 0. The van der Waals surface area contributed by atoms with E-state index in [1.54, 1.807) is 0 Å². The fourth-order valence-corrected chi connectivity index (χ4v) is 3.01. The second-order valence-corrected chi connectivity index (χ2v) is 6.57. The lowest BCUT2D eigenvalue weighted by molar-refractivity contribution is 0.522. The van der Waals surface area contributed by atoms with E-state index in [0.717, 1.165) is 25.8 Å². The van der Waals surface area contributed by atoms with Crippen LogP contribution in [-0.4, -0.2) is 17.9 Å². The molecule has 22 heavy (non-hydrogen) atoms. The summed E-state index contributed by atoms with van der Waals surface area (Å²) in [5, 5.41) is 3.51. The Morgan fingerprint density at radius 3 is 2.45 bits per heavy atom. The highest BCUT2D eigenvalue weighted by Gasteiger charge is 2.23. The van der Waals surface area contributed by atoms with Crippen molar-refractivity contribution in [1.82, 2.24) is 5.32 Å². The Morgan fingerprint density at radius 1 is 1.00 bits per heavy atom. The number of nitrogens with one attached hydrogen (secondary N) is 1. The molecule has 0 bridgehead atoms. The van der Waals surface area contributed by atoms with Crippen molar-refractivity contribution in [2.45, 2.75) is 38.6 Å². The molecule has 0 aromatic heterocycles. The van der Waals surface area contributed by atoms with Crippen LogP contribution < -0.4 is 5.32 Å². The minimum atomic E-state index is 0.115. The fourth-order valence-electron chi connectivity index (χ4n) is 3.01. The second-order valence-electron chi connectivity index (χ2n) is 6.57. The molecule has 3 rings (SSSR count). The maximum atomic E-state index is 4.74. The third kappa shape index (κ3) is 3.56. The molecular formula is C20H24N2. The van der Waals surface area contributed by atoms with Gasteiger partial charge >= 0.3 is 0 Å². The average Bonchev–Trinajstić information content (AvgIpc) is 2.88. The summed E-state index contributed by atoms with van der Waals surface area (Å²) in [6.45, 7) is 5.34. The smallest absolute Gasteiger partial charge is 0.0970 e. The minimum Gasteiger partial charge on any atom is -0.373 e. The molecular weight excluding hydrogens is 268 g/mol. The Morgan fingerprint density at radius 2 is 1.73 bits per heavy atom. The highest BCUT2D eigenvalue weighted by atomic mass is 15.0. The molecule has 1 heterocycles. The molecule has 2 heteroatoms. The van der Waals surface area contributed by atoms with Gasteiger partial charge in [0.15, 0.2) is 0 Å². The molecule has 1 aliphatic heterocycles. The molecule has 114 valence electrons. The molecule has 0 radical (unpaired) electrons. The van der Waals surface area contributed by atoms with Crippen LogP contribution >= 0.6 is 0 Å². The Kier molecular flexibility index (Phi) is 4.28. The minimum absolute atomic E-state index is 0.115. The van der Waals surface area contributed by atoms with Crippen molar-refractivity contribution in [2.75, 3.05) is 6.54 Å². The zero-order valence-electron chi connectivity index (χ0n) is 13.5. The van der Waals surface area contributed by atoms with Gasteiger partial charge in [-0.25, -0.2) is 0 Å². The lowest BCUT2D eigenvalue weighted by atomic mass is 9.98.